The van der Waals surface area contributed by atoms with Gasteiger partial charge in [-0.1, -0.05) is 41.2 Å². The lowest BCUT2D eigenvalue weighted by molar-refractivity contribution is -0.122. The average Bonchev–Trinajstić information content (AvgIpc) is 2.33. The fraction of sp³-hybridized carbons (Fsp3) is 0.688. The summed E-state index contributed by atoms with van der Waals surface area (Å²) in [5.41, 5.74) is 0.0895. The number of nitrogens with one attached hydrogen (secondary N) is 1. The van der Waals surface area contributed by atoms with Crippen molar-refractivity contribution < 1.29 is 14.2 Å². The van der Waals surface area contributed by atoms with Crippen molar-refractivity contribution in [2.75, 3.05) is 5.75 Å². The third kappa shape index (κ3) is 6.42. The van der Waals surface area contributed by atoms with Crippen LogP contribution in [0.4, 0.5) is 0 Å². The van der Waals surface area contributed by atoms with E-state index in [2.05, 4.69) is 11.9 Å². The van der Waals surface area contributed by atoms with Crippen molar-refractivity contribution in [3.63, 3.8) is 0 Å². The zero-order valence-electron chi connectivity index (χ0n) is 14.8. The van der Waals surface area contributed by atoms with E-state index < -0.39 is 15.9 Å². The minimum atomic E-state index is -1.02. The van der Waals surface area contributed by atoms with Crippen LogP contribution < -0.4 is 11.2 Å². The minimum absolute atomic E-state index is 0.273. The van der Waals surface area contributed by atoms with Crippen molar-refractivity contribution in [2.45, 2.75) is 53.2 Å². The first-order valence-electron chi connectivity index (χ1n) is 7.31. The maximum absolute atomic E-state index is 12.4. The molecule has 0 fully saturated rings. The fourth-order valence-corrected chi connectivity index (χ4v) is 2.86. The summed E-state index contributed by atoms with van der Waals surface area (Å²) >= 11 is -1.02. The number of carbonyl (C=O) groups excluding carboxylic acids is 1. The Morgan fingerprint density at radius 2 is 1.86 bits per heavy atom. The summed E-state index contributed by atoms with van der Waals surface area (Å²) < 4.78 is 9.38. The lowest BCUT2D eigenvalue weighted by Gasteiger charge is -2.23. The van der Waals surface area contributed by atoms with E-state index in [1.165, 1.54) is 0 Å². The quantitative estimate of drug-likeness (QED) is 0.290. The highest BCUT2D eigenvalue weighted by Gasteiger charge is 2.46. The molecule has 1 atom stereocenters. The number of rotatable bonds is 7. The van der Waals surface area contributed by atoms with E-state index in [0.29, 0.717) is 23.1 Å². The normalized spacial score (nSPS) is 14.7. The SMILES string of the molecule is C=C(/C=C(\ON)C(C)(C)C)NC(=O)C(C)(C)[S+](O)CC(C)C. The van der Waals surface area contributed by atoms with Crippen molar-refractivity contribution >= 4 is 17.1 Å². The second-order valence-electron chi connectivity index (χ2n) is 7.29. The van der Waals surface area contributed by atoms with Gasteiger partial charge in [-0.3, -0.25) is 4.79 Å². The van der Waals surface area contributed by atoms with E-state index in [1.807, 2.05) is 34.6 Å². The highest BCUT2D eigenvalue weighted by molar-refractivity contribution is 7.93. The minimum Gasteiger partial charge on any atom is -0.415 e. The van der Waals surface area contributed by atoms with Gasteiger partial charge in [-0.15, -0.1) is 0 Å². The van der Waals surface area contributed by atoms with Gasteiger partial charge in [-0.25, -0.2) is 0 Å². The summed E-state index contributed by atoms with van der Waals surface area (Å²) in [6.45, 7) is 17.1. The number of allylic oxidation sites excluding steroid dienone is 2. The van der Waals surface area contributed by atoms with E-state index in [1.54, 1.807) is 19.9 Å². The van der Waals surface area contributed by atoms with E-state index in [4.69, 9.17) is 10.7 Å². The molecule has 0 heterocycles. The number of hydrogen-bond acceptors (Lipinski definition) is 4. The predicted molar refractivity (Wildman–Crippen MR) is 93.9 cm³/mol. The molecule has 6 heteroatoms. The summed E-state index contributed by atoms with van der Waals surface area (Å²) in [5.74, 6) is 6.41. The van der Waals surface area contributed by atoms with Crippen molar-refractivity contribution in [2.24, 2.45) is 17.2 Å². The molecule has 0 aromatic heterocycles. The molecule has 1 amide bonds. The fourth-order valence-electron chi connectivity index (χ4n) is 1.55. The van der Waals surface area contributed by atoms with Crippen LogP contribution in [0.2, 0.25) is 0 Å². The Morgan fingerprint density at radius 1 is 1.36 bits per heavy atom. The number of amides is 1. The maximum atomic E-state index is 12.4. The van der Waals surface area contributed by atoms with Crippen LogP contribution in [-0.2, 0) is 20.8 Å². The van der Waals surface area contributed by atoms with Gasteiger partial charge in [-0.2, -0.15) is 10.4 Å². The first kappa shape index (κ1) is 21.0. The van der Waals surface area contributed by atoms with Crippen LogP contribution >= 0.6 is 0 Å². The average molecular weight is 332 g/mol. The molecular formula is C16H31N2O3S+. The molecule has 0 bridgehead atoms. The molecular weight excluding hydrogens is 300 g/mol. The zero-order chi connectivity index (χ0) is 17.7. The van der Waals surface area contributed by atoms with Gasteiger partial charge in [0.15, 0.2) is 11.2 Å². The Balaban J connectivity index is 4.98. The summed E-state index contributed by atoms with van der Waals surface area (Å²) in [6, 6.07) is 0. The molecule has 0 aliphatic heterocycles. The highest BCUT2D eigenvalue weighted by atomic mass is 32.2. The third-order valence-corrected chi connectivity index (χ3v) is 5.42. The second kappa shape index (κ2) is 8.04. The van der Waals surface area contributed by atoms with Gasteiger partial charge in [0.25, 0.3) is 5.91 Å². The molecule has 22 heavy (non-hydrogen) atoms. The second-order valence-corrected chi connectivity index (χ2v) is 9.37. The molecule has 0 rings (SSSR count). The smallest absolute Gasteiger partial charge is 0.283 e. The maximum Gasteiger partial charge on any atom is 0.283 e. The van der Waals surface area contributed by atoms with E-state index >= 15 is 0 Å². The molecule has 0 saturated carbocycles. The molecule has 0 saturated heterocycles. The molecule has 128 valence electrons. The molecule has 0 spiro atoms. The first-order valence-corrected chi connectivity index (χ1v) is 8.66. The summed E-state index contributed by atoms with van der Waals surface area (Å²) in [6.07, 6.45) is 1.60. The van der Waals surface area contributed by atoms with Gasteiger partial charge in [0.2, 0.25) is 4.75 Å². The monoisotopic (exact) mass is 331 g/mol. The number of nitrogens with two attached hydrogens (primary N) is 1. The molecule has 0 aromatic rings. The zero-order valence-corrected chi connectivity index (χ0v) is 15.6. The van der Waals surface area contributed by atoms with Crippen molar-refractivity contribution in [1.82, 2.24) is 5.32 Å². The van der Waals surface area contributed by atoms with Crippen LogP contribution in [0, 0.1) is 11.3 Å². The van der Waals surface area contributed by atoms with Gasteiger partial charge in [-0.05, 0) is 13.8 Å². The first-order chi connectivity index (χ1) is 9.82. The van der Waals surface area contributed by atoms with Crippen LogP contribution in [0.3, 0.4) is 0 Å². The van der Waals surface area contributed by atoms with E-state index in [9.17, 15) is 9.35 Å². The van der Waals surface area contributed by atoms with Gasteiger partial charge >= 0.3 is 0 Å². The van der Waals surface area contributed by atoms with E-state index in [0.717, 1.165) is 0 Å². The van der Waals surface area contributed by atoms with E-state index in [-0.39, 0.29) is 11.3 Å². The summed E-state index contributed by atoms with van der Waals surface area (Å²) in [7, 11) is 0. The standard InChI is InChI=1S/C16H30N2O3S/c1-11(2)10-22(20)16(7,8)14(19)18-12(3)9-13(21-17)15(4,5)6/h9,11,20H,3,10,17H2,1-2,4-8H3/p+1/b13-9-. The topological polar surface area (TPSA) is 84.6 Å². The summed E-state index contributed by atoms with van der Waals surface area (Å²) in [5, 5.41) is 2.71. The summed E-state index contributed by atoms with van der Waals surface area (Å²) in [4.78, 5) is 17.2. The van der Waals surface area contributed by atoms with Crippen molar-refractivity contribution in [3.05, 3.63) is 24.1 Å². The number of hydrogen-bond donors (Lipinski definition) is 3. The van der Waals surface area contributed by atoms with Crippen LogP contribution in [0.5, 0.6) is 0 Å². The van der Waals surface area contributed by atoms with Crippen LogP contribution in [-0.4, -0.2) is 21.0 Å². The molecule has 4 N–H and O–H groups in total. The van der Waals surface area contributed by atoms with Crippen LogP contribution in [0.25, 0.3) is 0 Å². The Kier molecular flexibility index (Phi) is 7.68. The number of carbonyl (C=O) groups is 1. The van der Waals surface area contributed by atoms with Crippen LogP contribution in [0.15, 0.2) is 24.1 Å². The third-order valence-electron chi connectivity index (χ3n) is 3.07. The molecule has 0 aliphatic carbocycles. The molecule has 1 unspecified atom stereocenters. The van der Waals surface area contributed by atoms with Gasteiger partial charge in [0.1, 0.15) is 11.5 Å². The van der Waals surface area contributed by atoms with Gasteiger partial charge in [0.05, 0.1) is 0 Å². The Bertz CT molecular complexity index is 437. The molecule has 0 radical (unpaired) electrons. The molecule has 5 nitrogen and oxygen atoms in total. The van der Waals surface area contributed by atoms with Gasteiger partial charge < -0.3 is 10.2 Å². The van der Waals surface area contributed by atoms with Crippen molar-refractivity contribution in [3.8, 4) is 0 Å². The van der Waals surface area contributed by atoms with Crippen LogP contribution in [0.1, 0.15) is 48.5 Å². The Morgan fingerprint density at radius 3 is 2.23 bits per heavy atom. The van der Waals surface area contributed by atoms with Crippen molar-refractivity contribution in [1.29, 1.82) is 0 Å². The Labute approximate surface area is 137 Å². The molecule has 0 aliphatic rings. The Hall–Kier alpha value is -0.980. The van der Waals surface area contributed by atoms with Gasteiger partial charge in [0, 0.05) is 23.1 Å². The lowest BCUT2D eigenvalue weighted by Crippen LogP contribution is -2.48. The molecule has 0 aromatic carbocycles. The highest BCUT2D eigenvalue weighted by Crippen LogP contribution is 2.26. The lowest BCUT2D eigenvalue weighted by atomic mass is 9.93. The predicted octanol–water partition coefficient (Wildman–Crippen LogP) is 2.96. The largest absolute Gasteiger partial charge is 0.415 e.